The molecule has 2 aromatic carbocycles. The second kappa shape index (κ2) is 10.5. The molecule has 3 aliphatic heterocycles. The summed E-state index contributed by atoms with van der Waals surface area (Å²) >= 11 is 0. The molecule has 7 nitrogen and oxygen atoms in total. The SMILES string of the molecule is Cc1ccc(CCN2C(=O)[C@@H]3[C@H](C(=O)Nc4cccc(C)c4)[C@@H]4C=C[C@@]3(O4)[C@@H]2C(=O)N[C@@H]2CCCC[C@@H]2C)cc1. The van der Waals surface area contributed by atoms with E-state index in [4.69, 9.17) is 4.74 Å². The zero-order chi connectivity index (χ0) is 28.0. The number of ether oxygens (including phenoxy) is 1. The first-order valence-electron chi connectivity index (χ1n) is 14.7. The van der Waals surface area contributed by atoms with Gasteiger partial charge in [-0.25, -0.2) is 0 Å². The molecule has 3 heterocycles. The molecule has 2 saturated heterocycles. The van der Waals surface area contributed by atoms with Crippen LogP contribution in [0.15, 0.2) is 60.7 Å². The highest BCUT2D eigenvalue weighted by Crippen LogP contribution is 2.55. The predicted molar refractivity (Wildman–Crippen MR) is 153 cm³/mol. The Kier molecular flexibility index (Phi) is 7.03. The molecule has 1 spiro atoms. The number of benzene rings is 2. The van der Waals surface area contributed by atoms with Crippen LogP contribution in [0, 0.1) is 31.6 Å². The number of likely N-dealkylation sites (tertiary alicyclic amines) is 1. The maximum atomic E-state index is 14.2. The summed E-state index contributed by atoms with van der Waals surface area (Å²) in [4.78, 5) is 43.6. The molecular formula is C33H39N3O4. The Bertz CT molecular complexity index is 1340. The Hall–Kier alpha value is -3.45. The van der Waals surface area contributed by atoms with E-state index in [0.717, 1.165) is 30.4 Å². The smallest absolute Gasteiger partial charge is 0.246 e. The highest BCUT2D eigenvalue weighted by Gasteiger charge is 2.72. The van der Waals surface area contributed by atoms with Gasteiger partial charge in [0.05, 0.1) is 17.9 Å². The van der Waals surface area contributed by atoms with Gasteiger partial charge < -0.3 is 20.3 Å². The number of nitrogens with one attached hydrogen (secondary N) is 2. The first kappa shape index (κ1) is 26.8. The van der Waals surface area contributed by atoms with Crippen molar-refractivity contribution in [1.29, 1.82) is 0 Å². The van der Waals surface area contributed by atoms with Gasteiger partial charge in [-0.05, 0) is 62.3 Å². The number of carbonyl (C=O) groups excluding carboxylic acids is 3. The molecule has 0 unspecified atom stereocenters. The van der Waals surface area contributed by atoms with Gasteiger partial charge in [0.25, 0.3) is 0 Å². The summed E-state index contributed by atoms with van der Waals surface area (Å²) in [6, 6.07) is 15.1. The van der Waals surface area contributed by atoms with Crippen molar-refractivity contribution in [2.24, 2.45) is 17.8 Å². The molecule has 6 rings (SSSR count). The standard InChI is InChI=1S/C33H39N3O4/c1-20-11-13-23(14-12-20)16-18-36-29(31(38)35-25-10-5-4-8-22(25)3)33-17-15-26(40-33)27(28(33)32(36)39)30(37)34-24-9-6-7-21(2)19-24/h6-7,9,11-15,17,19,22,25-29H,4-5,8,10,16,18H2,1-3H3,(H,34,37)(H,35,38)/t22-,25+,26-,27+,28-,29-,33-/m0/s1. The lowest BCUT2D eigenvalue weighted by atomic mass is 9.74. The van der Waals surface area contributed by atoms with Crippen molar-refractivity contribution in [3.8, 4) is 0 Å². The molecule has 0 radical (unpaired) electrons. The quantitative estimate of drug-likeness (QED) is 0.511. The highest BCUT2D eigenvalue weighted by atomic mass is 16.5. The van der Waals surface area contributed by atoms with E-state index in [-0.39, 0.29) is 23.8 Å². The van der Waals surface area contributed by atoms with Crippen LogP contribution in [0.25, 0.3) is 0 Å². The number of nitrogens with zero attached hydrogens (tertiary/aromatic N) is 1. The summed E-state index contributed by atoms with van der Waals surface area (Å²) in [5, 5.41) is 6.31. The third kappa shape index (κ3) is 4.64. The average molecular weight is 542 g/mol. The van der Waals surface area contributed by atoms with Crippen LogP contribution in [0.5, 0.6) is 0 Å². The maximum absolute atomic E-state index is 14.2. The summed E-state index contributed by atoms with van der Waals surface area (Å²) in [6.45, 7) is 6.58. The van der Waals surface area contributed by atoms with Gasteiger partial charge in [-0.2, -0.15) is 0 Å². The molecule has 210 valence electrons. The number of carbonyl (C=O) groups is 3. The molecule has 1 aliphatic carbocycles. The topological polar surface area (TPSA) is 87.7 Å². The maximum Gasteiger partial charge on any atom is 0.246 e. The van der Waals surface area contributed by atoms with Gasteiger partial charge in [0.1, 0.15) is 11.6 Å². The fourth-order valence-electron chi connectivity index (χ4n) is 7.25. The lowest BCUT2D eigenvalue weighted by Gasteiger charge is -2.36. The van der Waals surface area contributed by atoms with Crippen LogP contribution in [0.3, 0.4) is 0 Å². The van der Waals surface area contributed by atoms with Gasteiger partial charge in [0.15, 0.2) is 0 Å². The molecule has 2 bridgehead atoms. The molecule has 0 aromatic heterocycles. The minimum atomic E-state index is -1.15. The third-order valence-corrected chi connectivity index (χ3v) is 9.41. The first-order chi connectivity index (χ1) is 19.3. The summed E-state index contributed by atoms with van der Waals surface area (Å²) < 4.78 is 6.50. The number of hydrogen-bond acceptors (Lipinski definition) is 4. The van der Waals surface area contributed by atoms with E-state index in [0.29, 0.717) is 24.6 Å². The van der Waals surface area contributed by atoms with Crippen molar-refractivity contribution >= 4 is 23.4 Å². The van der Waals surface area contributed by atoms with Crippen molar-refractivity contribution in [3.63, 3.8) is 0 Å². The largest absolute Gasteiger partial charge is 0.359 e. The number of amides is 3. The van der Waals surface area contributed by atoms with Crippen LogP contribution in [-0.4, -0.2) is 53.0 Å². The van der Waals surface area contributed by atoms with Gasteiger partial charge in [-0.3, -0.25) is 14.4 Å². The van der Waals surface area contributed by atoms with Crippen LogP contribution in [-0.2, 0) is 25.5 Å². The van der Waals surface area contributed by atoms with Crippen molar-refractivity contribution in [1.82, 2.24) is 10.2 Å². The van der Waals surface area contributed by atoms with Crippen molar-refractivity contribution < 1.29 is 19.1 Å². The number of aryl methyl sites for hydroxylation is 2. The summed E-state index contributed by atoms with van der Waals surface area (Å²) in [6.07, 6.45) is 8.12. The van der Waals surface area contributed by atoms with E-state index >= 15 is 0 Å². The van der Waals surface area contributed by atoms with E-state index in [1.54, 1.807) is 4.90 Å². The Morgan fingerprint density at radius 1 is 1.02 bits per heavy atom. The number of fused-ring (bicyclic) bond motifs is 1. The molecule has 2 N–H and O–H groups in total. The van der Waals surface area contributed by atoms with E-state index in [1.165, 1.54) is 12.0 Å². The molecule has 4 aliphatic rings. The molecule has 3 amide bonds. The zero-order valence-electron chi connectivity index (χ0n) is 23.6. The highest BCUT2D eigenvalue weighted by molar-refractivity contribution is 6.02. The van der Waals surface area contributed by atoms with Crippen molar-refractivity contribution in [2.45, 2.75) is 76.7 Å². The van der Waals surface area contributed by atoms with E-state index < -0.39 is 29.6 Å². The van der Waals surface area contributed by atoms with Gasteiger partial charge >= 0.3 is 0 Å². The van der Waals surface area contributed by atoms with Crippen LogP contribution >= 0.6 is 0 Å². The summed E-state index contributed by atoms with van der Waals surface area (Å²) in [7, 11) is 0. The monoisotopic (exact) mass is 541 g/mol. The fraction of sp³-hybridized carbons (Fsp3) is 0.485. The van der Waals surface area contributed by atoms with Crippen LogP contribution < -0.4 is 10.6 Å². The fourth-order valence-corrected chi connectivity index (χ4v) is 7.25. The van der Waals surface area contributed by atoms with Gasteiger partial charge in [-0.1, -0.05) is 73.9 Å². The Morgan fingerprint density at radius 3 is 2.55 bits per heavy atom. The first-order valence-corrected chi connectivity index (χ1v) is 14.7. The molecule has 1 saturated carbocycles. The number of hydrogen-bond donors (Lipinski definition) is 2. The lowest BCUT2D eigenvalue weighted by Crippen LogP contribution is -2.57. The molecular weight excluding hydrogens is 502 g/mol. The van der Waals surface area contributed by atoms with E-state index in [2.05, 4.69) is 41.8 Å². The van der Waals surface area contributed by atoms with Crippen molar-refractivity contribution in [2.75, 3.05) is 11.9 Å². The Balaban J connectivity index is 1.30. The minimum Gasteiger partial charge on any atom is -0.359 e. The molecule has 40 heavy (non-hydrogen) atoms. The van der Waals surface area contributed by atoms with E-state index in [9.17, 15) is 14.4 Å². The van der Waals surface area contributed by atoms with Crippen LogP contribution in [0.1, 0.15) is 49.3 Å². The number of anilines is 1. The normalized spacial score (nSPS) is 32.3. The van der Waals surface area contributed by atoms with Crippen molar-refractivity contribution in [3.05, 3.63) is 77.4 Å². The summed E-state index contributed by atoms with van der Waals surface area (Å²) in [5.74, 6) is -1.67. The molecule has 3 fully saturated rings. The zero-order valence-corrected chi connectivity index (χ0v) is 23.6. The minimum absolute atomic E-state index is 0.0775. The van der Waals surface area contributed by atoms with Crippen LogP contribution in [0.4, 0.5) is 5.69 Å². The average Bonchev–Trinajstić information content (AvgIpc) is 3.57. The van der Waals surface area contributed by atoms with Gasteiger partial charge in [0.2, 0.25) is 17.7 Å². The van der Waals surface area contributed by atoms with Gasteiger partial charge in [0, 0.05) is 18.3 Å². The molecule has 7 atom stereocenters. The van der Waals surface area contributed by atoms with Crippen LogP contribution in [0.2, 0.25) is 0 Å². The summed E-state index contributed by atoms with van der Waals surface area (Å²) in [5.41, 5.74) is 2.85. The Morgan fingerprint density at radius 2 is 1.80 bits per heavy atom. The Labute approximate surface area is 236 Å². The second-order valence-corrected chi connectivity index (χ2v) is 12.2. The van der Waals surface area contributed by atoms with E-state index in [1.807, 2.05) is 50.3 Å². The lowest BCUT2D eigenvalue weighted by molar-refractivity contribution is -0.141. The molecule has 7 heteroatoms. The second-order valence-electron chi connectivity index (χ2n) is 12.2. The third-order valence-electron chi connectivity index (χ3n) is 9.41. The van der Waals surface area contributed by atoms with Gasteiger partial charge in [-0.15, -0.1) is 0 Å². The number of rotatable bonds is 7. The molecule has 2 aromatic rings. The predicted octanol–water partition coefficient (Wildman–Crippen LogP) is 4.33.